The molecule has 0 radical (unpaired) electrons. The maximum Gasteiger partial charge on any atom is 0.536 e. The number of nitrogens with zero attached hydrogens (tertiary/aromatic N) is 2. The molecule has 0 aromatic heterocycles. The first-order valence-corrected chi connectivity index (χ1v) is 8.52. The topological polar surface area (TPSA) is 79.5 Å². The third-order valence-electron chi connectivity index (χ3n) is 2.87. The van der Waals surface area contributed by atoms with Crippen molar-refractivity contribution < 1.29 is 25.9 Å². The number of allylic oxidation sites excluding steroid dienone is 2. The van der Waals surface area contributed by atoms with Crippen LogP contribution in [0.1, 0.15) is 11.1 Å². The summed E-state index contributed by atoms with van der Waals surface area (Å²) in [5, 5.41) is 12.2. The molecule has 1 aromatic rings. The Bertz CT molecular complexity index is 895. The molecule has 2 rings (SSSR count). The standard InChI is InChI=1S/C14H9F3N2O3S2/c1-9-4-2-3-5-10(9)11(8-18)12-6-7-13(23-12)19-22-24(20,21)14(15,16)17/h2-7H,1H3/b12-11-,19-13+. The van der Waals surface area contributed by atoms with E-state index >= 15 is 0 Å². The van der Waals surface area contributed by atoms with Crippen molar-refractivity contribution in [2.45, 2.75) is 12.4 Å². The smallest absolute Gasteiger partial charge is 0.261 e. The normalized spacial score (nSPS) is 18.5. The highest BCUT2D eigenvalue weighted by Crippen LogP contribution is 2.35. The Hall–Kier alpha value is -2.25. The lowest BCUT2D eigenvalue weighted by Gasteiger charge is -2.06. The van der Waals surface area contributed by atoms with E-state index in [-0.39, 0.29) is 5.04 Å². The monoisotopic (exact) mass is 374 g/mol. The van der Waals surface area contributed by atoms with Gasteiger partial charge in [-0.25, -0.2) is 0 Å². The molecule has 0 saturated heterocycles. The molecule has 1 aliphatic rings. The summed E-state index contributed by atoms with van der Waals surface area (Å²) < 4.78 is 61.7. The minimum absolute atomic E-state index is 0.112. The first-order chi connectivity index (χ1) is 11.2. The van der Waals surface area contributed by atoms with E-state index in [1.54, 1.807) is 18.2 Å². The molecular weight excluding hydrogens is 365 g/mol. The zero-order valence-corrected chi connectivity index (χ0v) is 13.7. The molecule has 0 N–H and O–H groups in total. The van der Waals surface area contributed by atoms with Crippen LogP contribution in [0.2, 0.25) is 0 Å². The summed E-state index contributed by atoms with van der Waals surface area (Å²) in [6.45, 7) is 1.81. The summed E-state index contributed by atoms with van der Waals surface area (Å²) in [7, 11) is -5.80. The van der Waals surface area contributed by atoms with E-state index in [1.165, 1.54) is 12.2 Å². The van der Waals surface area contributed by atoms with Crippen LogP contribution in [0.4, 0.5) is 13.2 Å². The van der Waals surface area contributed by atoms with Gasteiger partial charge in [-0.2, -0.15) is 26.9 Å². The van der Waals surface area contributed by atoms with Gasteiger partial charge in [0.2, 0.25) is 0 Å². The second-order valence-electron chi connectivity index (χ2n) is 4.51. The molecule has 0 unspecified atom stereocenters. The van der Waals surface area contributed by atoms with Crippen LogP contribution in [-0.4, -0.2) is 19.0 Å². The second kappa shape index (κ2) is 6.70. The summed E-state index contributed by atoms with van der Waals surface area (Å²) in [4.78, 5) is 0.429. The van der Waals surface area contributed by atoms with Crippen molar-refractivity contribution in [2.75, 3.05) is 0 Å². The highest BCUT2D eigenvalue weighted by molar-refractivity contribution is 8.18. The fourth-order valence-corrected chi connectivity index (χ4v) is 2.88. The van der Waals surface area contributed by atoms with Gasteiger partial charge in [0.05, 0.1) is 5.57 Å². The molecule has 0 amide bonds. The average Bonchev–Trinajstić information content (AvgIpc) is 2.96. The van der Waals surface area contributed by atoms with Crippen LogP contribution < -0.4 is 0 Å². The highest BCUT2D eigenvalue weighted by Gasteiger charge is 2.49. The van der Waals surface area contributed by atoms with Crippen molar-refractivity contribution in [2.24, 2.45) is 5.16 Å². The molecule has 1 heterocycles. The van der Waals surface area contributed by atoms with E-state index in [2.05, 4.69) is 9.44 Å². The molecule has 0 spiro atoms. The van der Waals surface area contributed by atoms with Crippen molar-refractivity contribution in [3.63, 3.8) is 0 Å². The number of thioether (sulfide) groups is 1. The second-order valence-corrected chi connectivity index (χ2v) is 7.09. The molecule has 126 valence electrons. The quantitative estimate of drug-likeness (QED) is 0.458. The van der Waals surface area contributed by atoms with Gasteiger partial charge in [-0.3, -0.25) is 4.28 Å². The van der Waals surface area contributed by atoms with Gasteiger partial charge in [0.15, 0.2) is 0 Å². The van der Waals surface area contributed by atoms with E-state index in [0.717, 1.165) is 17.3 Å². The van der Waals surface area contributed by atoms with Gasteiger partial charge in [-0.1, -0.05) is 41.2 Å². The Labute approximate surface area is 140 Å². The molecule has 5 nitrogen and oxygen atoms in total. The Balaban J connectivity index is 2.27. The highest BCUT2D eigenvalue weighted by atomic mass is 32.2. The van der Waals surface area contributed by atoms with Gasteiger partial charge in [0.1, 0.15) is 11.1 Å². The minimum atomic E-state index is -5.80. The van der Waals surface area contributed by atoms with Crippen LogP contribution >= 0.6 is 11.8 Å². The van der Waals surface area contributed by atoms with Gasteiger partial charge in [-0.15, -0.1) is 0 Å². The molecule has 0 bridgehead atoms. The lowest BCUT2D eigenvalue weighted by molar-refractivity contribution is -0.0540. The molecule has 0 aliphatic carbocycles. The fourth-order valence-electron chi connectivity index (χ4n) is 1.74. The minimum Gasteiger partial charge on any atom is -0.261 e. The number of hydrogen-bond donors (Lipinski definition) is 0. The summed E-state index contributed by atoms with van der Waals surface area (Å²) in [5.74, 6) is 0. The number of benzene rings is 1. The molecular formula is C14H9F3N2O3S2. The van der Waals surface area contributed by atoms with Crippen molar-refractivity contribution >= 4 is 32.5 Å². The summed E-state index contributed by atoms with van der Waals surface area (Å²) >= 11 is 0.837. The van der Waals surface area contributed by atoms with Gasteiger partial charge < -0.3 is 0 Å². The van der Waals surface area contributed by atoms with E-state index in [1.807, 2.05) is 19.1 Å². The number of halogens is 3. The third kappa shape index (κ3) is 3.80. The van der Waals surface area contributed by atoms with Gasteiger partial charge in [-0.05, 0) is 30.2 Å². The molecule has 0 saturated carbocycles. The van der Waals surface area contributed by atoms with Crippen LogP contribution in [0.3, 0.4) is 0 Å². The van der Waals surface area contributed by atoms with Crippen molar-refractivity contribution in [1.82, 2.24) is 0 Å². The first kappa shape index (κ1) is 18.1. The number of oxime groups is 1. The largest absolute Gasteiger partial charge is 0.536 e. The lowest BCUT2D eigenvalue weighted by atomic mass is 10.0. The first-order valence-electron chi connectivity index (χ1n) is 6.30. The molecule has 1 aromatic carbocycles. The summed E-state index contributed by atoms with van der Waals surface area (Å²) in [6, 6.07) is 9.13. The van der Waals surface area contributed by atoms with Crippen LogP contribution in [0.25, 0.3) is 5.57 Å². The number of hydrogen-bond acceptors (Lipinski definition) is 6. The summed E-state index contributed by atoms with van der Waals surface area (Å²) in [5.41, 5.74) is -3.74. The third-order valence-corrected chi connectivity index (χ3v) is 4.69. The fraction of sp³-hybridized carbons (Fsp3) is 0.143. The molecule has 0 fully saturated rings. The number of aryl methyl sites for hydroxylation is 1. The maximum absolute atomic E-state index is 12.2. The van der Waals surface area contributed by atoms with Crippen molar-refractivity contribution in [3.8, 4) is 6.07 Å². The molecule has 24 heavy (non-hydrogen) atoms. The number of nitriles is 1. The predicted octanol–water partition coefficient (Wildman–Crippen LogP) is 3.71. The molecule has 1 aliphatic heterocycles. The summed E-state index contributed by atoms with van der Waals surface area (Å²) in [6.07, 6.45) is 2.72. The number of alkyl halides is 3. The zero-order valence-electron chi connectivity index (χ0n) is 12.0. The van der Waals surface area contributed by atoms with Gasteiger partial charge in [0.25, 0.3) is 0 Å². The average molecular weight is 374 g/mol. The molecule has 0 atom stereocenters. The van der Waals surface area contributed by atoms with Crippen molar-refractivity contribution in [3.05, 3.63) is 52.4 Å². The lowest BCUT2D eigenvalue weighted by Crippen LogP contribution is -2.24. The van der Waals surface area contributed by atoms with E-state index in [4.69, 9.17) is 0 Å². The Morgan fingerprint density at radius 2 is 1.96 bits per heavy atom. The SMILES string of the molecule is Cc1ccccc1/C(C#N)=C1C=C/C(=N\OS(=O)(=O)C(F)(F)F)S/1. The number of rotatable bonds is 3. The van der Waals surface area contributed by atoms with Crippen LogP contribution in [0, 0.1) is 18.3 Å². The Kier molecular flexibility index (Phi) is 5.05. The maximum atomic E-state index is 12.2. The van der Waals surface area contributed by atoms with Crippen LogP contribution in [0.5, 0.6) is 0 Å². The van der Waals surface area contributed by atoms with E-state index in [9.17, 15) is 26.9 Å². The van der Waals surface area contributed by atoms with Crippen LogP contribution in [0.15, 0.2) is 46.5 Å². The van der Waals surface area contributed by atoms with Crippen molar-refractivity contribution in [1.29, 1.82) is 5.26 Å². The zero-order chi connectivity index (χ0) is 18.0. The van der Waals surface area contributed by atoms with Gasteiger partial charge >= 0.3 is 15.6 Å². The predicted molar refractivity (Wildman–Crippen MR) is 83.9 cm³/mol. The molecule has 10 heteroatoms. The van der Waals surface area contributed by atoms with E-state index < -0.39 is 15.6 Å². The van der Waals surface area contributed by atoms with Gasteiger partial charge in [0, 0.05) is 4.91 Å². The Morgan fingerprint density at radius 3 is 2.54 bits per heavy atom. The van der Waals surface area contributed by atoms with E-state index in [0.29, 0.717) is 16.0 Å². The van der Waals surface area contributed by atoms with Crippen LogP contribution in [-0.2, 0) is 14.4 Å². The Morgan fingerprint density at radius 1 is 1.29 bits per heavy atom.